The van der Waals surface area contributed by atoms with Crippen LogP contribution in [0.4, 0.5) is 0 Å². The van der Waals surface area contributed by atoms with Crippen LogP contribution in [-0.2, 0) is 14.3 Å². The van der Waals surface area contributed by atoms with Crippen LogP contribution in [0.2, 0.25) is 0 Å². The molecular formula is C54H101NO5. The number of unbranched alkanes of at least 4 members (excludes halogenated alkanes) is 29. The van der Waals surface area contributed by atoms with E-state index >= 15 is 0 Å². The summed E-state index contributed by atoms with van der Waals surface area (Å²) in [4.78, 5) is 26.1. The smallest absolute Gasteiger partial charge is 0.306 e. The zero-order valence-electron chi connectivity index (χ0n) is 40.1. The van der Waals surface area contributed by atoms with Gasteiger partial charge in [0, 0.05) is 6.42 Å². The fourth-order valence-electron chi connectivity index (χ4n) is 7.93. The second-order valence-electron chi connectivity index (χ2n) is 17.9. The molecule has 0 bridgehead atoms. The van der Waals surface area contributed by atoms with Crippen LogP contribution in [0, 0.1) is 0 Å². The molecule has 0 aromatic rings. The maximum Gasteiger partial charge on any atom is 0.306 e. The minimum atomic E-state index is -0.791. The van der Waals surface area contributed by atoms with E-state index in [1.54, 1.807) is 0 Å². The second-order valence-corrected chi connectivity index (χ2v) is 17.9. The Morgan fingerprint density at radius 3 is 1.38 bits per heavy atom. The van der Waals surface area contributed by atoms with Gasteiger partial charge >= 0.3 is 5.97 Å². The van der Waals surface area contributed by atoms with Gasteiger partial charge in [0.1, 0.15) is 6.10 Å². The average molecular weight is 844 g/mol. The van der Waals surface area contributed by atoms with Crippen LogP contribution in [0.1, 0.15) is 271 Å². The fraction of sp³-hybridized carbons (Fsp3) is 0.852. The fourth-order valence-corrected chi connectivity index (χ4v) is 7.93. The van der Waals surface area contributed by atoms with Crippen molar-refractivity contribution in [2.24, 2.45) is 0 Å². The zero-order valence-corrected chi connectivity index (χ0v) is 40.1. The molecule has 0 aliphatic rings. The van der Waals surface area contributed by atoms with E-state index in [2.05, 4.69) is 62.5 Å². The van der Waals surface area contributed by atoms with Gasteiger partial charge in [0.2, 0.25) is 5.91 Å². The van der Waals surface area contributed by atoms with E-state index in [0.717, 1.165) is 77.0 Å². The number of carbonyl (C=O) groups excluding carboxylic acids is 2. The van der Waals surface area contributed by atoms with Crippen molar-refractivity contribution in [1.29, 1.82) is 0 Å². The van der Waals surface area contributed by atoms with Crippen molar-refractivity contribution in [3.8, 4) is 0 Å². The molecule has 0 heterocycles. The van der Waals surface area contributed by atoms with Crippen LogP contribution in [0.5, 0.6) is 0 Å². The summed E-state index contributed by atoms with van der Waals surface area (Å²) in [7, 11) is 0. The van der Waals surface area contributed by atoms with Gasteiger partial charge in [0.25, 0.3) is 0 Å². The van der Waals surface area contributed by atoms with E-state index in [0.29, 0.717) is 19.3 Å². The molecule has 0 saturated heterocycles. The van der Waals surface area contributed by atoms with E-state index in [1.807, 2.05) is 0 Å². The summed E-state index contributed by atoms with van der Waals surface area (Å²) in [6.07, 6.45) is 56.3. The summed E-state index contributed by atoms with van der Waals surface area (Å²) >= 11 is 0. The molecule has 0 fully saturated rings. The predicted molar refractivity (Wildman–Crippen MR) is 259 cm³/mol. The maximum absolute atomic E-state index is 13.2. The molecule has 60 heavy (non-hydrogen) atoms. The Labute approximate surface area is 373 Å². The molecule has 6 heteroatoms. The molecule has 0 rings (SSSR count). The van der Waals surface area contributed by atoms with E-state index in [-0.39, 0.29) is 24.9 Å². The number of rotatable bonds is 47. The summed E-state index contributed by atoms with van der Waals surface area (Å²) in [6.45, 7) is 6.41. The van der Waals surface area contributed by atoms with Gasteiger partial charge in [0.05, 0.1) is 25.2 Å². The minimum absolute atomic E-state index is 0.0669. The number of hydrogen-bond acceptors (Lipinski definition) is 5. The molecule has 0 spiro atoms. The molecule has 0 aliphatic heterocycles. The van der Waals surface area contributed by atoms with Crippen molar-refractivity contribution >= 4 is 11.9 Å². The van der Waals surface area contributed by atoms with Crippen LogP contribution >= 0.6 is 0 Å². The molecule has 3 atom stereocenters. The number of aliphatic hydroxyl groups excluding tert-OH is 2. The van der Waals surface area contributed by atoms with Gasteiger partial charge in [-0.1, -0.05) is 218 Å². The van der Waals surface area contributed by atoms with Crippen molar-refractivity contribution in [2.75, 3.05) is 6.61 Å². The van der Waals surface area contributed by atoms with Crippen LogP contribution < -0.4 is 5.32 Å². The number of hydrogen-bond donors (Lipinski definition) is 3. The maximum atomic E-state index is 13.2. The van der Waals surface area contributed by atoms with Crippen molar-refractivity contribution in [2.45, 2.75) is 289 Å². The third kappa shape index (κ3) is 42.8. The SMILES string of the molecule is CCC/C=C\CCCCCCCC(=O)OC(CCCCCCC/C=C\C/C=C\CCCCC)CC(=O)NC(CO)C(O)CCCCCCCCCCCCCCCCCC. The number of allylic oxidation sites excluding steroid dienone is 6. The Balaban J connectivity index is 4.53. The first kappa shape index (κ1) is 58.1. The lowest BCUT2D eigenvalue weighted by molar-refractivity contribution is -0.151. The highest BCUT2D eigenvalue weighted by Crippen LogP contribution is 2.18. The lowest BCUT2D eigenvalue weighted by atomic mass is 10.0. The van der Waals surface area contributed by atoms with Crippen LogP contribution in [0.3, 0.4) is 0 Å². The Morgan fingerprint density at radius 1 is 0.483 bits per heavy atom. The molecule has 6 nitrogen and oxygen atoms in total. The molecule has 3 unspecified atom stereocenters. The van der Waals surface area contributed by atoms with Gasteiger partial charge in [0.15, 0.2) is 0 Å². The lowest BCUT2D eigenvalue weighted by Gasteiger charge is -2.24. The number of esters is 1. The van der Waals surface area contributed by atoms with Crippen molar-refractivity contribution in [3.05, 3.63) is 36.5 Å². The van der Waals surface area contributed by atoms with E-state index in [4.69, 9.17) is 4.74 Å². The van der Waals surface area contributed by atoms with Gasteiger partial charge in [-0.2, -0.15) is 0 Å². The molecule has 0 radical (unpaired) electrons. The zero-order chi connectivity index (χ0) is 43.8. The molecule has 0 saturated carbocycles. The normalized spacial score (nSPS) is 13.5. The third-order valence-electron chi connectivity index (χ3n) is 11.9. The van der Waals surface area contributed by atoms with Crippen LogP contribution in [0.25, 0.3) is 0 Å². The number of aliphatic hydroxyl groups is 2. The highest BCUT2D eigenvalue weighted by Gasteiger charge is 2.24. The highest BCUT2D eigenvalue weighted by molar-refractivity contribution is 5.77. The van der Waals surface area contributed by atoms with Crippen molar-refractivity contribution in [1.82, 2.24) is 5.32 Å². The largest absolute Gasteiger partial charge is 0.462 e. The first-order chi connectivity index (χ1) is 29.5. The van der Waals surface area contributed by atoms with E-state index < -0.39 is 18.2 Å². The summed E-state index contributed by atoms with van der Waals surface area (Å²) in [6, 6.07) is -0.705. The topological polar surface area (TPSA) is 95.9 Å². The standard InChI is InChI=1S/C54H101NO5/c1-4-7-10-13-16-19-22-24-26-28-30-32-34-37-40-43-46-52(57)51(49-56)55-53(58)48-50(60-54(59)47-44-41-38-35-21-18-15-12-9-6-3)45-42-39-36-33-31-29-27-25-23-20-17-14-11-8-5-2/h12,15,17,20,25,27,50-52,56-57H,4-11,13-14,16,18-19,21-24,26,28-49H2,1-3H3,(H,55,58)/b15-12-,20-17-,27-25-. The van der Waals surface area contributed by atoms with Crippen molar-refractivity contribution in [3.63, 3.8) is 0 Å². The third-order valence-corrected chi connectivity index (χ3v) is 11.9. The Hall–Kier alpha value is -1.92. The first-order valence-electron chi connectivity index (χ1n) is 26.2. The van der Waals surface area contributed by atoms with Gasteiger partial charge in [-0.3, -0.25) is 9.59 Å². The van der Waals surface area contributed by atoms with Crippen LogP contribution in [-0.4, -0.2) is 46.9 Å². The van der Waals surface area contributed by atoms with Crippen LogP contribution in [0.15, 0.2) is 36.5 Å². The molecule has 0 aromatic carbocycles. The summed E-state index contributed by atoms with van der Waals surface area (Å²) in [5, 5.41) is 23.8. The Kier molecular flexibility index (Phi) is 46.6. The average Bonchev–Trinajstić information content (AvgIpc) is 3.24. The van der Waals surface area contributed by atoms with E-state index in [9.17, 15) is 19.8 Å². The van der Waals surface area contributed by atoms with Gasteiger partial charge in [-0.05, 0) is 77.0 Å². The second kappa shape index (κ2) is 48.1. The Bertz CT molecular complexity index is 993. The minimum Gasteiger partial charge on any atom is -0.462 e. The van der Waals surface area contributed by atoms with Crippen molar-refractivity contribution < 1.29 is 24.5 Å². The molecule has 0 aliphatic carbocycles. The summed E-state index contributed by atoms with van der Waals surface area (Å²) < 4.78 is 5.91. The van der Waals surface area contributed by atoms with Gasteiger partial charge in [-0.25, -0.2) is 0 Å². The quantitative estimate of drug-likeness (QED) is 0.0322. The number of carbonyl (C=O) groups is 2. The first-order valence-corrected chi connectivity index (χ1v) is 26.2. The number of ether oxygens (including phenoxy) is 1. The lowest BCUT2D eigenvalue weighted by Crippen LogP contribution is -2.46. The molecule has 352 valence electrons. The van der Waals surface area contributed by atoms with E-state index in [1.165, 1.54) is 148 Å². The monoisotopic (exact) mass is 844 g/mol. The molecule has 0 aromatic heterocycles. The predicted octanol–water partition coefficient (Wildman–Crippen LogP) is 15.7. The molecule has 1 amide bonds. The number of amides is 1. The van der Waals surface area contributed by atoms with Gasteiger partial charge in [-0.15, -0.1) is 0 Å². The summed E-state index contributed by atoms with van der Waals surface area (Å²) in [5.41, 5.74) is 0. The van der Waals surface area contributed by atoms with Gasteiger partial charge < -0.3 is 20.3 Å². The number of nitrogens with one attached hydrogen (secondary N) is 1. The Morgan fingerprint density at radius 2 is 0.883 bits per heavy atom. The highest BCUT2D eigenvalue weighted by atomic mass is 16.5. The molecule has 3 N–H and O–H groups in total. The summed E-state index contributed by atoms with van der Waals surface area (Å²) in [5.74, 6) is -0.492. The molecular weight excluding hydrogens is 743 g/mol.